The van der Waals surface area contributed by atoms with Gasteiger partial charge in [0, 0.05) is 28.4 Å². The number of nitrogens with zero attached hydrogens (tertiary/aromatic N) is 1. The number of pyridine rings is 1. The molecule has 4 aromatic rings. The fourth-order valence-corrected chi connectivity index (χ4v) is 2.91. The van der Waals surface area contributed by atoms with Gasteiger partial charge in [-0.1, -0.05) is 48.5 Å². The molecule has 0 aliphatic rings. The van der Waals surface area contributed by atoms with Gasteiger partial charge in [-0.2, -0.15) is 0 Å². The highest BCUT2D eigenvalue weighted by Crippen LogP contribution is 2.32. The molecular weight excluding hydrogens is 340 g/mol. The van der Waals surface area contributed by atoms with E-state index in [0.29, 0.717) is 11.4 Å². The number of carbonyl (C=O) groups is 1. The van der Waals surface area contributed by atoms with Crippen molar-refractivity contribution in [3.63, 3.8) is 0 Å². The highest BCUT2D eigenvalue weighted by Gasteiger charge is 2.11. The minimum Gasteiger partial charge on any atom is -0.444 e. The number of H-pyrrole nitrogens is 1. The first-order valence-electron chi connectivity index (χ1n) is 8.50. The topological polar surface area (TPSA) is 93.0 Å². The summed E-state index contributed by atoms with van der Waals surface area (Å²) in [6, 6.07) is 19.0. The molecule has 0 saturated carbocycles. The molecule has 0 aliphatic heterocycles. The lowest BCUT2D eigenvalue weighted by Gasteiger charge is -2.08. The Balaban J connectivity index is 1.54. The van der Waals surface area contributed by atoms with E-state index in [2.05, 4.69) is 15.3 Å². The van der Waals surface area contributed by atoms with Crippen LogP contribution in [0.2, 0.25) is 0 Å². The second-order valence-electron chi connectivity index (χ2n) is 6.10. The summed E-state index contributed by atoms with van der Waals surface area (Å²) in [6.45, 7) is 0.207. The molecule has 27 heavy (non-hydrogen) atoms. The van der Waals surface area contributed by atoms with Gasteiger partial charge in [-0.15, -0.1) is 0 Å². The quantitative estimate of drug-likeness (QED) is 0.466. The van der Waals surface area contributed by atoms with Crippen molar-refractivity contribution < 1.29 is 9.53 Å². The number of aromatic nitrogens is 2. The smallest absolute Gasteiger partial charge is 0.412 e. The zero-order chi connectivity index (χ0) is 18.6. The molecule has 0 unspecified atom stereocenters. The molecule has 0 atom stereocenters. The fourth-order valence-electron chi connectivity index (χ4n) is 2.91. The average molecular weight is 358 g/mol. The van der Waals surface area contributed by atoms with Gasteiger partial charge in [-0.05, 0) is 17.7 Å². The van der Waals surface area contributed by atoms with Crippen LogP contribution in [-0.4, -0.2) is 16.1 Å². The number of carbonyl (C=O) groups excluding carboxylic acids is 1. The predicted octanol–water partition coefficient (Wildman–Crippen LogP) is 4.56. The van der Waals surface area contributed by atoms with Gasteiger partial charge in [0.25, 0.3) is 0 Å². The standard InChI is InChI=1S/C21H18N4O2/c22-19-9-5-4-8-16(19)18-12-24-20-17(18)10-15(11-23-20)25-21(26)27-13-14-6-2-1-3-7-14/h1-12H,13,22H2,(H,23,24)(H,25,26). The molecule has 4 N–H and O–H groups in total. The number of benzene rings is 2. The van der Waals surface area contributed by atoms with Gasteiger partial charge in [-0.3, -0.25) is 5.32 Å². The van der Waals surface area contributed by atoms with E-state index in [0.717, 1.165) is 27.7 Å². The maximum absolute atomic E-state index is 12.1. The van der Waals surface area contributed by atoms with Crippen LogP contribution >= 0.6 is 0 Å². The number of anilines is 2. The van der Waals surface area contributed by atoms with E-state index in [-0.39, 0.29) is 6.61 Å². The number of nitrogen functional groups attached to an aromatic ring is 1. The second kappa shape index (κ2) is 7.21. The molecule has 6 nitrogen and oxygen atoms in total. The number of fused-ring (bicyclic) bond motifs is 1. The van der Waals surface area contributed by atoms with E-state index < -0.39 is 6.09 Å². The maximum Gasteiger partial charge on any atom is 0.412 e. The Hall–Kier alpha value is -3.80. The molecular formula is C21H18N4O2. The van der Waals surface area contributed by atoms with Gasteiger partial charge >= 0.3 is 6.09 Å². The summed E-state index contributed by atoms with van der Waals surface area (Å²) in [4.78, 5) is 19.6. The molecule has 134 valence electrons. The normalized spacial score (nSPS) is 10.7. The van der Waals surface area contributed by atoms with Crippen LogP contribution in [0.1, 0.15) is 5.56 Å². The molecule has 2 aromatic carbocycles. The third-order valence-electron chi connectivity index (χ3n) is 4.24. The first-order valence-corrected chi connectivity index (χ1v) is 8.50. The van der Waals surface area contributed by atoms with Crippen molar-refractivity contribution in [3.05, 3.63) is 78.6 Å². The van der Waals surface area contributed by atoms with Gasteiger partial charge in [0.1, 0.15) is 12.3 Å². The molecule has 4 rings (SSSR count). The number of aromatic amines is 1. The van der Waals surface area contributed by atoms with Crippen LogP contribution < -0.4 is 11.1 Å². The number of rotatable bonds is 4. The molecule has 2 heterocycles. The Morgan fingerprint density at radius 2 is 1.85 bits per heavy atom. The third-order valence-corrected chi connectivity index (χ3v) is 4.24. The summed E-state index contributed by atoms with van der Waals surface area (Å²) in [5, 5.41) is 3.59. The average Bonchev–Trinajstić information content (AvgIpc) is 3.11. The molecule has 0 bridgehead atoms. The highest BCUT2D eigenvalue weighted by molar-refractivity contribution is 5.99. The van der Waals surface area contributed by atoms with Gasteiger partial charge in [0.2, 0.25) is 0 Å². The molecule has 2 aromatic heterocycles. The zero-order valence-electron chi connectivity index (χ0n) is 14.5. The SMILES string of the molecule is Nc1ccccc1-c1c[nH]c2ncc(NC(=O)OCc3ccccc3)cc12. The first-order chi connectivity index (χ1) is 13.2. The number of hydrogen-bond acceptors (Lipinski definition) is 4. The largest absolute Gasteiger partial charge is 0.444 e. The number of hydrogen-bond donors (Lipinski definition) is 3. The fraction of sp³-hybridized carbons (Fsp3) is 0.0476. The van der Waals surface area contributed by atoms with Crippen molar-refractivity contribution in [1.82, 2.24) is 9.97 Å². The van der Waals surface area contributed by atoms with Crippen molar-refractivity contribution in [2.45, 2.75) is 6.61 Å². The van der Waals surface area contributed by atoms with Crippen LogP contribution in [0, 0.1) is 0 Å². The van der Waals surface area contributed by atoms with Crippen molar-refractivity contribution in [2.75, 3.05) is 11.1 Å². The summed E-state index contributed by atoms with van der Waals surface area (Å²) in [6.07, 6.45) is 2.91. The predicted molar refractivity (Wildman–Crippen MR) is 106 cm³/mol. The molecule has 6 heteroatoms. The molecule has 0 spiro atoms. The third kappa shape index (κ3) is 3.59. The molecule has 0 radical (unpaired) electrons. The molecule has 0 aliphatic carbocycles. The molecule has 0 fully saturated rings. The van der Waals surface area contributed by atoms with Crippen molar-refractivity contribution >= 4 is 28.5 Å². The van der Waals surface area contributed by atoms with E-state index in [1.807, 2.05) is 66.9 Å². The summed E-state index contributed by atoms with van der Waals surface area (Å²) in [7, 11) is 0. The summed E-state index contributed by atoms with van der Waals surface area (Å²) in [5.74, 6) is 0. The van der Waals surface area contributed by atoms with E-state index in [9.17, 15) is 4.79 Å². The van der Waals surface area contributed by atoms with Crippen LogP contribution in [-0.2, 0) is 11.3 Å². The van der Waals surface area contributed by atoms with Crippen LogP contribution in [0.25, 0.3) is 22.2 Å². The van der Waals surface area contributed by atoms with E-state index in [1.54, 1.807) is 6.20 Å². The minimum atomic E-state index is -0.531. The monoisotopic (exact) mass is 358 g/mol. The van der Waals surface area contributed by atoms with Crippen molar-refractivity contribution in [2.24, 2.45) is 0 Å². The van der Waals surface area contributed by atoms with Crippen LogP contribution in [0.5, 0.6) is 0 Å². The Kier molecular flexibility index (Phi) is 4.45. The van der Waals surface area contributed by atoms with Crippen molar-refractivity contribution in [1.29, 1.82) is 0 Å². The Morgan fingerprint density at radius 3 is 2.67 bits per heavy atom. The number of nitrogens with two attached hydrogens (primary N) is 1. The Labute approximate surface area is 156 Å². The number of ether oxygens (including phenoxy) is 1. The summed E-state index contributed by atoms with van der Waals surface area (Å²) >= 11 is 0. The van der Waals surface area contributed by atoms with Gasteiger partial charge in [-0.25, -0.2) is 9.78 Å². The molecule has 0 saturated heterocycles. The van der Waals surface area contributed by atoms with Gasteiger partial charge < -0.3 is 15.5 Å². The lowest BCUT2D eigenvalue weighted by Crippen LogP contribution is -2.13. The maximum atomic E-state index is 12.1. The van der Waals surface area contributed by atoms with E-state index >= 15 is 0 Å². The first kappa shape index (κ1) is 16.7. The van der Waals surface area contributed by atoms with Crippen LogP contribution in [0.4, 0.5) is 16.2 Å². The van der Waals surface area contributed by atoms with Crippen LogP contribution in [0.3, 0.4) is 0 Å². The number of amides is 1. The van der Waals surface area contributed by atoms with Crippen LogP contribution in [0.15, 0.2) is 73.1 Å². The lowest BCUT2D eigenvalue weighted by molar-refractivity contribution is 0.155. The molecule has 1 amide bonds. The van der Waals surface area contributed by atoms with Gasteiger partial charge in [0.05, 0.1) is 11.9 Å². The number of nitrogens with one attached hydrogen (secondary N) is 2. The minimum absolute atomic E-state index is 0.207. The van der Waals surface area contributed by atoms with Gasteiger partial charge in [0.15, 0.2) is 0 Å². The highest BCUT2D eigenvalue weighted by atomic mass is 16.5. The number of para-hydroxylation sites is 1. The Morgan fingerprint density at radius 1 is 1.07 bits per heavy atom. The zero-order valence-corrected chi connectivity index (χ0v) is 14.5. The van der Waals surface area contributed by atoms with E-state index in [1.165, 1.54) is 0 Å². The summed E-state index contributed by atoms with van der Waals surface area (Å²) in [5.41, 5.74) is 10.8. The summed E-state index contributed by atoms with van der Waals surface area (Å²) < 4.78 is 5.25. The van der Waals surface area contributed by atoms with Crippen molar-refractivity contribution in [3.8, 4) is 11.1 Å². The second-order valence-corrected chi connectivity index (χ2v) is 6.10. The lowest BCUT2D eigenvalue weighted by atomic mass is 10.0. The van der Waals surface area contributed by atoms with E-state index in [4.69, 9.17) is 10.5 Å². The Bertz CT molecular complexity index is 1090.